The van der Waals surface area contributed by atoms with Gasteiger partial charge in [0.05, 0.1) is 78.7 Å². The third-order valence-corrected chi connectivity index (χ3v) is 15.0. The topological polar surface area (TPSA) is 250 Å². The summed E-state index contributed by atoms with van der Waals surface area (Å²) in [4.78, 5) is 79.4. The maximum atomic E-state index is 14.1. The summed E-state index contributed by atoms with van der Waals surface area (Å²) in [6.45, 7) is 9.08. The number of nitrogens with two attached hydrogens (primary N) is 1. The highest BCUT2D eigenvalue weighted by molar-refractivity contribution is 6.13. The second-order valence-electron chi connectivity index (χ2n) is 21.4. The van der Waals surface area contributed by atoms with Crippen molar-refractivity contribution in [1.29, 1.82) is 0 Å². The molecule has 81 heavy (non-hydrogen) atoms. The number of alkyl carbamates (subject to hydrolysis) is 1. The zero-order chi connectivity index (χ0) is 57.6. The molecule has 9 rings (SSSR count). The number of nitrogens with one attached hydrogen (secondary N) is 4. The number of para-hydroxylation sites is 1. The molecule has 432 valence electrons. The summed E-state index contributed by atoms with van der Waals surface area (Å²) >= 11 is 0. The first-order valence-electron chi connectivity index (χ1n) is 27.4. The van der Waals surface area contributed by atoms with E-state index in [0.717, 1.165) is 16.1 Å². The molecule has 1 saturated carbocycles. The molecule has 2 aliphatic heterocycles. The van der Waals surface area contributed by atoms with Gasteiger partial charge in [0.25, 0.3) is 11.8 Å². The Morgan fingerprint density at radius 3 is 2.22 bits per heavy atom. The van der Waals surface area contributed by atoms with Crippen LogP contribution in [-0.2, 0) is 31.6 Å². The lowest BCUT2D eigenvalue weighted by atomic mass is 9.75. The van der Waals surface area contributed by atoms with Crippen LogP contribution >= 0.6 is 0 Å². The zero-order valence-corrected chi connectivity index (χ0v) is 46.1. The van der Waals surface area contributed by atoms with Gasteiger partial charge in [-0.25, -0.2) is 14.5 Å². The number of carbonyl (C=O) groups excluding carboxylic acids is 5. The third-order valence-electron chi connectivity index (χ3n) is 15.0. The number of carbonyl (C=O) groups is 5. The molecule has 0 radical (unpaired) electrons. The quantitative estimate of drug-likeness (QED) is 0.0464. The van der Waals surface area contributed by atoms with Crippen LogP contribution in [0.5, 0.6) is 5.75 Å². The van der Waals surface area contributed by atoms with Crippen LogP contribution in [0.4, 0.5) is 58.2 Å². The first-order valence-corrected chi connectivity index (χ1v) is 27.4. The molecular weight excluding hydrogens is 1050 g/mol. The van der Waals surface area contributed by atoms with Gasteiger partial charge in [-0.05, 0) is 99.7 Å². The normalized spacial score (nSPS) is 18.0. The summed E-state index contributed by atoms with van der Waals surface area (Å²) in [5, 5.41) is 16.2. The summed E-state index contributed by atoms with van der Waals surface area (Å²) in [6, 6.07) is 17.6. The molecule has 4 aliphatic rings. The number of ether oxygens (including phenoxy) is 4. The van der Waals surface area contributed by atoms with E-state index in [1.807, 2.05) is 69.1 Å². The van der Waals surface area contributed by atoms with Gasteiger partial charge in [-0.15, -0.1) is 0 Å². The van der Waals surface area contributed by atoms with E-state index in [1.54, 1.807) is 24.2 Å². The average Bonchev–Trinajstić information content (AvgIpc) is 3.83. The Kier molecular flexibility index (Phi) is 17.7. The number of Topliss-reactive ketones (excluding diaryl/α,β-unsaturated/α-hetero) is 1. The van der Waals surface area contributed by atoms with Crippen LogP contribution in [-0.4, -0.2) is 135 Å². The fourth-order valence-electron chi connectivity index (χ4n) is 10.9. The van der Waals surface area contributed by atoms with Crippen molar-refractivity contribution in [1.82, 2.24) is 30.4 Å². The van der Waals surface area contributed by atoms with Gasteiger partial charge in [0.1, 0.15) is 17.5 Å². The van der Waals surface area contributed by atoms with Crippen LogP contribution in [0.1, 0.15) is 108 Å². The summed E-state index contributed by atoms with van der Waals surface area (Å²) in [5.74, 6) is -0.0694. The van der Waals surface area contributed by atoms with Crippen molar-refractivity contribution in [3.05, 3.63) is 94.9 Å². The van der Waals surface area contributed by atoms with Crippen molar-refractivity contribution in [3.8, 4) is 11.4 Å². The van der Waals surface area contributed by atoms with Gasteiger partial charge < -0.3 is 60.6 Å². The molecule has 2 fully saturated rings. The highest BCUT2D eigenvalue weighted by Crippen LogP contribution is 2.43. The number of fused-ring (bicyclic) bond motifs is 3. The number of rotatable bonds is 20. The van der Waals surface area contributed by atoms with Gasteiger partial charge in [0, 0.05) is 76.1 Å². The van der Waals surface area contributed by atoms with E-state index in [-0.39, 0.29) is 79.4 Å². The van der Waals surface area contributed by atoms with Crippen LogP contribution in [0.3, 0.4) is 0 Å². The number of piperidine rings is 1. The highest BCUT2D eigenvalue weighted by Gasteiger charge is 2.45. The maximum Gasteiger partial charge on any atom is 0.435 e. The molecule has 6 N–H and O–H groups in total. The first kappa shape index (κ1) is 57.7. The molecule has 4 heterocycles. The number of amides is 4. The lowest BCUT2D eigenvalue weighted by Crippen LogP contribution is -2.41. The van der Waals surface area contributed by atoms with Crippen LogP contribution < -0.4 is 46.4 Å². The van der Waals surface area contributed by atoms with E-state index in [1.165, 1.54) is 18.2 Å². The Bertz CT molecular complexity index is 3140. The standard InChI is InChI=1S/C57H69F3N12O9/c1-6-80-47-30-36(14-18-41(47)66-54-64-33-45-51(67-54)69(4)43-10-8-7-9-40(43)53(76)70(45)5)71-23-19-34(20-24-71)52(75)62-21-25-78-27-28-79-26-22-63-55(77)81-38-15-11-35(12-16-38)65-42-29-37(13-17-39(42)50(61)74)72-44-31-56(2,3)32-46(73)48(44)49(68-72)57(58,59)60/h7-10,13-14,17-18,29-30,33-35,38,65H,6,11-12,15-16,19-28,31-32H2,1-5H3,(H2,61,74)(H,62,75)(H,63,77)(H,64,66,67). The lowest BCUT2D eigenvalue weighted by Gasteiger charge is -2.33. The number of hydrogen-bond acceptors (Lipinski definition) is 16. The number of nitrogens with zero attached hydrogens (tertiary/aromatic N) is 7. The van der Waals surface area contributed by atoms with Crippen molar-refractivity contribution in [2.24, 2.45) is 17.1 Å². The predicted octanol–water partition coefficient (Wildman–Crippen LogP) is 7.95. The minimum Gasteiger partial charge on any atom is -0.492 e. The fourth-order valence-corrected chi connectivity index (χ4v) is 10.9. The average molecular weight is 1120 g/mol. The summed E-state index contributed by atoms with van der Waals surface area (Å²) < 4.78 is 66.4. The minimum atomic E-state index is -4.84. The minimum absolute atomic E-state index is 0.0115. The Labute approximate surface area is 467 Å². The SMILES string of the molecule is CCOc1cc(N2CCC(C(=O)NCCOCCOCCNC(=O)OC3CCC(Nc4cc(-n5nc(C(F)(F)F)c6c5CC(C)(C)CC6=O)ccc4C(N)=O)CC3)CC2)ccc1Nc1ncc2c(n1)N(C)c1ccccc1C(=O)N2C. The Morgan fingerprint density at radius 2 is 1.52 bits per heavy atom. The molecule has 0 unspecified atom stereocenters. The molecule has 0 spiro atoms. The Balaban J connectivity index is 0.640. The van der Waals surface area contributed by atoms with E-state index in [2.05, 4.69) is 36.2 Å². The molecule has 2 aliphatic carbocycles. The summed E-state index contributed by atoms with van der Waals surface area (Å²) in [7, 11) is 3.59. The third kappa shape index (κ3) is 13.4. The largest absolute Gasteiger partial charge is 0.492 e. The van der Waals surface area contributed by atoms with E-state index >= 15 is 0 Å². The molecule has 21 nitrogen and oxygen atoms in total. The second-order valence-corrected chi connectivity index (χ2v) is 21.4. The van der Waals surface area contributed by atoms with Crippen LogP contribution in [0.15, 0.2) is 66.9 Å². The number of alkyl halides is 3. The van der Waals surface area contributed by atoms with Crippen LogP contribution in [0.2, 0.25) is 0 Å². The van der Waals surface area contributed by atoms with Gasteiger partial charge in [-0.3, -0.25) is 19.2 Å². The molecule has 2 aromatic heterocycles. The molecule has 3 aromatic carbocycles. The van der Waals surface area contributed by atoms with Crippen molar-refractivity contribution < 1.29 is 56.1 Å². The number of hydrogen-bond donors (Lipinski definition) is 5. The van der Waals surface area contributed by atoms with Gasteiger partial charge in [-0.1, -0.05) is 26.0 Å². The van der Waals surface area contributed by atoms with Gasteiger partial charge in [-0.2, -0.15) is 23.3 Å². The van der Waals surface area contributed by atoms with Gasteiger partial charge in [0.2, 0.25) is 11.9 Å². The maximum absolute atomic E-state index is 14.1. The lowest BCUT2D eigenvalue weighted by molar-refractivity contribution is -0.141. The van der Waals surface area contributed by atoms with Crippen molar-refractivity contribution in [3.63, 3.8) is 0 Å². The number of halogens is 3. The number of benzene rings is 3. The van der Waals surface area contributed by atoms with E-state index in [9.17, 15) is 37.1 Å². The van der Waals surface area contributed by atoms with E-state index in [0.29, 0.717) is 118 Å². The van der Waals surface area contributed by atoms with Gasteiger partial charge >= 0.3 is 12.3 Å². The van der Waals surface area contributed by atoms with Crippen molar-refractivity contribution >= 4 is 69.8 Å². The first-order chi connectivity index (χ1) is 38.8. The smallest absolute Gasteiger partial charge is 0.435 e. The van der Waals surface area contributed by atoms with E-state index in [4.69, 9.17) is 29.7 Å². The number of aromatic nitrogens is 4. The fraction of sp³-hybridized carbons (Fsp3) is 0.474. The molecule has 0 bridgehead atoms. The zero-order valence-electron chi connectivity index (χ0n) is 46.1. The summed E-state index contributed by atoms with van der Waals surface area (Å²) in [6.07, 6.45) is -0.464. The molecular formula is C57H69F3N12O9. The van der Waals surface area contributed by atoms with Crippen LogP contribution in [0, 0.1) is 11.3 Å². The van der Waals surface area contributed by atoms with Crippen LogP contribution in [0.25, 0.3) is 5.69 Å². The second kappa shape index (κ2) is 24.8. The number of primary amides is 1. The number of anilines is 7. The molecule has 0 atom stereocenters. The Hall–Kier alpha value is -7.99. The molecule has 5 aromatic rings. The van der Waals surface area contributed by atoms with Gasteiger partial charge in [0.15, 0.2) is 17.3 Å². The Morgan fingerprint density at radius 1 is 0.815 bits per heavy atom. The highest BCUT2D eigenvalue weighted by atomic mass is 19.4. The predicted molar refractivity (Wildman–Crippen MR) is 297 cm³/mol. The molecule has 24 heteroatoms. The van der Waals surface area contributed by atoms with E-state index < -0.39 is 40.6 Å². The van der Waals surface area contributed by atoms with Crippen molar-refractivity contribution in [2.45, 2.75) is 90.5 Å². The van der Waals surface area contributed by atoms with Crippen molar-refractivity contribution in [2.75, 3.05) is 98.6 Å². The molecule has 4 amide bonds. The molecule has 1 saturated heterocycles. The number of ketones is 1. The summed E-state index contributed by atoms with van der Waals surface area (Å²) in [5.41, 5.74) is 7.90. The monoisotopic (exact) mass is 1120 g/mol.